The molecule has 2 aromatic carbocycles. The lowest BCUT2D eigenvalue weighted by Crippen LogP contribution is -2.44. The Labute approximate surface area is 241 Å². The van der Waals surface area contributed by atoms with Crippen molar-refractivity contribution in [1.29, 1.82) is 5.26 Å². The van der Waals surface area contributed by atoms with Crippen LogP contribution < -0.4 is 26.0 Å². The van der Waals surface area contributed by atoms with Gasteiger partial charge in [-0.05, 0) is 42.0 Å². The largest absolute Gasteiger partial charge is 0.454 e. The van der Waals surface area contributed by atoms with Crippen molar-refractivity contribution in [3.05, 3.63) is 104 Å². The normalized spacial score (nSPS) is 12.1. The zero-order chi connectivity index (χ0) is 29.5. The number of rotatable bonds is 10. The summed E-state index contributed by atoms with van der Waals surface area (Å²) in [5.74, 6) is -0.262. The van der Waals surface area contributed by atoms with E-state index in [0.717, 1.165) is 10.1 Å². The van der Waals surface area contributed by atoms with Gasteiger partial charge in [-0.15, -0.1) is 0 Å². The van der Waals surface area contributed by atoms with Crippen LogP contribution in [0.1, 0.15) is 18.3 Å². The van der Waals surface area contributed by atoms with Gasteiger partial charge in [-0.1, -0.05) is 30.7 Å². The third kappa shape index (κ3) is 7.65. The number of nitrogens with zero attached hydrogens (tertiary/aromatic N) is 5. The molecule has 4 rings (SSSR count). The fraction of sp³-hybridized carbons (Fsp3) is 0.185. The number of benzene rings is 2. The number of hydrogen-bond donors (Lipinski definition) is 2. The molecule has 14 heteroatoms. The molecule has 0 saturated carbocycles. The molecule has 1 unspecified atom stereocenters. The van der Waals surface area contributed by atoms with Gasteiger partial charge in [0.2, 0.25) is 11.7 Å². The highest BCUT2D eigenvalue weighted by Gasteiger charge is 2.19. The second-order valence-corrected chi connectivity index (χ2v) is 10.4. The van der Waals surface area contributed by atoms with Gasteiger partial charge in [0.1, 0.15) is 28.6 Å². The van der Waals surface area contributed by atoms with Crippen molar-refractivity contribution in [2.75, 3.05) is 11.6 Å². The van der Waals surface area contributed by atoms with Gasteiger partial charge in [0.05, 0.1) is 24.9 Å². The number of carbonyl (C=O) groups excluding carboxylic acids is 1. The van der Waals surface area contributed by atoms with Crippen LogP contribution in [0, 0.1) is 17.2 Å². The van der Waals surface area contributed by atoms with Gasteiger partial charge in [-0.2, -0.15) is 5.26 Å². The highest BCUT2D eigenvalue weighted by Crippen LogP contribution is 2.24. The molecule has 12 nitrogen and oxygen atoms in total. The smallest absolute Gasteiger partial charge is 0.332 e. The number of ether oxygens (including phenoxy) is 1. The summed E-state index contributed by atoms with van der Waals surface area (Å²) >= 11 is 6.01. The molecule has 0 saturated heterocycles. The summed E-state index contributed by atoms with van der Waals surface area (Å²) in [6, 6.07) is 16.8. The lowest BCUT2D eigenvalue weighted by Gasteiger charge is -2.18. The van der Waals surface area contributed by atoms with Crippen LogP contribution in [0.3, 0.4) is 0 Å². The van der Waals surface area contributed by atoms with Gasteiger partial charge in [0.25, 0.3) is 5.56 Å². The van der Waals surface area contributed by atoms with Gasteiger partial charge in [-0.25, -0.2) is 19.0 Å². The van der Waals surface area contributed by atoms with Gasteiger partial charge < -0.3 is 10.1 Å². The number of hydrogen-bond acceptors (Lipinski definition) is 9. The molecule has 4 aromatic rings. The highest BCUT2D eigenvalue weighted by atomic mass is 35.5. The standard InChI is InChI=1S/C27H24ClN7O5S/c1-17(26(37)33-41(2)39)15-35-25(36)11-24(34(27(35)38)16-18-3-5-19(28)6-4-18)32-20-7-9-21(10-8-20)40-22-13-30-23(12-29)31-14-22/h3-11,13-14,17,32H,15-16H2,1-2H3,(H,33,37)/t17-,41?/m0/s1. The predicted molar refractivity (Wildman–Crippen MR) is 153 cm³/mol. The quantitative estimate of drug-likeness (QED) is 0.281. The van der Waals surface area contributed by atoms with Crippen molar-refractivity contribution in [3.63, 3.8) is 0 Å². The second-order valence-electron chi connectivity index (χ2n) is 8.90. The maximum absolute atomic E-state index is 13.6. The summed E-state index contributed by atoms with van der Waals surface area (Å²) in [5.41, 5.74) is 0.0780. The van der Waals surface area contributed by atoms with Crippen molar-refractivity contribution in [1.82, 2.24) is 23.8 Å². The van der Waals surface area contributed by atoms with Crippen molar-refractivity contribution < 1.29 is 13.7 Å². The third-order valence-corrected chi connectivity index (χ3v) is 6.51. The van der Waals surface area contributed by atoms with E-state index in [0.29, 0.717) is 22.2 Å². The minimum atomic E-state index is -1.58. The maximum Gasteiger partial charge on any atom is 0.332 e. The lowest BCUT2D eigenvalue weighted by atomic mass is 10.1. The first-order valence-electron chi connectivity index (χ1n) is 12.1. The summed E-state index contributed by atoms with van der Waals surface area (Å²) in [5, 5.41) is 12.5. The molecule has 1 amide bonds. The highest BCUT2D eigenvalue weighted by molar-refractivity contribution is 7.82. The molecule has 2 aromatic heterocycles. The molecule has 41 heavy (non-hydrogen) atoms. The molecule has 0 spiro atoms. The minimum absolute atomic E-state index is 0.0265. The Morgan fingerprint density at radius 1 is 1.07 bits per heavy atom. The Bertz CT molecular complexity index is 1730. The minimum Gasteiger partial charge on any atom is -0.454 e. The van der Waals surface area contributed by atoms with Crippen LogP contribution in [-0.2, 0) is 28.9 Å². The van der Waals surface area contributed by atoms with Crippen molar-refractivity contribution in [3.8, 4) is 17.6 Å². The summed E-state index contributed by atoms with van der Waals surface area (Å²) < 4.78 is 21.7. The van der Waals surface area contributed by atoms with Crippen LogP contribution in [0.25, 0.3) is 0 Å². The van der Waals surface area contributed by atoms with E-state index in [9.17, 15) is 18.6 Å². The average Bonchev–Trinajstić information content (AvgIpc) is 2.95. The van der Waals surface area contributed by atoms with E-state index in [1.54, 1.807) is 48.5 Å². The Morgan fingerprint density at radius 3 is 2.34 bits per heavy atom. The molecule has 2 heterocycles. The van der Waals surface area contributed by atoms with E-state index in [4.69, 9.17) is 21.6 Å². The van der Waals surface area contributed by atoms with E-state index in [-0.39, 0.29) is 24.7 Å². The number of aromatic nitrogens is 4. The van der Waals surface area contributed by atoms with Crippen LogP contribution >= 0.6 is 11.6 Å². The molecule has 0 aliphatic heterocycles. The number of halogens is 1. The summed E-state index contributed by atoms with van der Waals surface area (Å²) in [6.07, 6.45) is 4.08. The maximum atomic E-state index is 13.6. The van der Waals surface area contributed by atoms with Crippen LogP contribution in [0.4, 0.5) is 11.5 Å². The first-order valence-corrected chi connectivity index (χ1v) is 14.1. The molecule has 0 radical (unpaired) electrons. The van der Waals surface area contributed by atoms with E-state index < -0.39 is 34.1 Å². The monoisotopic (exact) mass is 593 g/mol. The van der Waals surface area contributed by atoms with Crippen LogP contribution in [0.5, 0.6) is 11.5 Å². The second kappa shape index (κ2) is 13.0. The van der Waals surface area contributed by atoms with E-state index in [1.807, 2.05) is 6.07 Å². The molecule has 0 aliphatic carbocycles. The number of amides is 1. The third-order valence-electron chi connectivity index (χ3n) is 5.77. The van der Waals surface area contributed by atoms with E-state index in [1.165, 1.54) is 36.2 Å². The van der Waals surface area contributed by atoms with Crippen LogP contribution in [0.15, 0.2) is 76.6 Å². The number of nitrogens with one attached hydrogen (secondary N) is 2. The van der Waals surface area contributed by atoms with E-state index in [2.05, 4.69) is 20.0 Å². The fourth-order valence-corrected chi connectivity index (χ4v) is 4.34. The predicted octanol–water partition coefficient (Wildman–Crippen LogP) is 2.96. The molecule has 0 bridgehead atoms. The first kappa shape index (κ1) is 29.2. The van der Waals surface area contributed by atoms with Gasteiger partial charge in [0.15, 0.2) is 5.75 Å². The zero-order valence-electron chi connectivity index (χ0n) is 21.9. The van der Waals surface area contributed by atoms with Crippen molar-refractivity contribution in [2.24, 2.45) is 5.92 Å². The van der Waals surface area contributed by atoms with Crippen LogP contribution in [-0.4, -0.2) is 35.5 Å². The number of carbonyl (C=O) groups is 1. The topological polar surface area (TPSA) is 161 Å². The Hall–Kier alpha value is -4.80. The Morgan fingerprint density at radius 2 is 1.73 bits per heavy atom. The molecule has 0 aliphatic rings. The van der Waals surface area contributed by atoms with Crippen molar-refractivity contribution >= 4 is 40.0 Å². The van der Waals surface area contributed by atoms with Gasteiger partial charge in [0, 0.05) is 29.6 Å². The van der Waals surface area contributed by atoms with Crippen molar-refractivity contribution in [2.45, 2.75) is 20.0 Å². The van der Waals surface area contributed by atoms with Gasteiger partial charge in [-0.3, -0.25) is 23.4 Å². The lowest BCUT2D eigenvalue weighted by molar-refractivity contribution is -0.123. The Kier molecular flexibility index (Phi) is 9.28. The van der Waals surface area contributed by atoms with Crippen LogP contribution in [0.2, 0.25) is 5.02 Å². The Balaban J connectivity index is 1.63. The summed E-state index contributed by atoms with van der Waals surface area (Å²) in [7, 11) is -1.58. The summed E-state index contributed by atoms with van der Waals surface area (Å²) in [6.45, 7) is 1.45. The first-order chi connectivity index (χ1) is 19.6. The number of anilines is 2. The molecular weight excluding hydrogens is 570 g/mol. The molecule has 2 atom stereocenters. The van der Waals surface area contributed by atoms with Gasteiger partial charge >= 0.3 is 5.69 Å². The molecule has 210 valence electrons. The fourth-order valence-electron chi connectivity index (χ4n) is 3.73. The van der Waals surface area contributed by atoms with E-state index >= 15 is 0 Å². The average molecular weight is 594 g/mol. The summed E-state index contributed by atoms with van der Waals surface area (Å²) in [4.78, 5) is 46.6. The SMILES string of the molecule is C[C@@H](Cn1c(=O)cc(Nc2ccc(Oc3cnc(C#N)nc3)cc2)n(Cc2ccc(Cl)cc2)c1=O)C(=O)NS(C)=O. The number of nitriles is 1. The molecule has 2 N–H and O–H groups in total. The zero-order valence-corrected chi connectivity index (χ0v) is 23.5. The molecule has 0 fully saturated rings. The molecular formula is C27H24ClN7O5S.